The Morgan fingerprint density at radius 2 is 1.79 bits per heavy atom. The van der Waals surface area contributed by atoms with Gasteiger partial charge in [-0.05, 0) is 62.7 Å². The number of nitrogens with zero attached hydrogens (tertiary/aromatic N) is 5. The number of benzene rings is 1. The highest BCUT2D eigenvalue weighted by molar-refractivity contribution is 7.80. The largest absolute Gasteiger partial charge is 0.454 e. The van der Waals surface area contributed by atoms with Crippen LogP contribution in [-0.2, 0) is 6.54 Å². The molecule has 2 fully saturated rings. The molecule has 1 saturated heterocycles. The van der Waals surface area contributed by atoms with Gasteiger partial charge in [-0.1, -0.05) is 6.07 Å². The summed E-state index contributed by atoms with van der Waals surface area (Å²) < 4.78 is 10.9. The number of thiocarbonyl (C=S) groups is 1. The van der Waals surface area contributed by atoms with E-state index in [0.717, 1.165) is 68.5 Å². The number of anilines is 1. The molecule has 0 atom stereocenters. The Hall–Kier alpha value is -2.98. The van der Waals surface area contributed by atoms with Gasteiger partial charge in [-0.2, -0.15) is 4.99 Å². The second kappa shape index (κ2) is 9.48. The number of nitrogens with one attached hydrogen (secondary N) is 2. The number of guanidine groups is 1. The summed E-state index contributed by atoms with van der Waals surface area (Å²) in [6.45, 7) is 8.56. The number of aliphatic imine (C=N–C) groups is 1. The molecule has 0 amide bonds. The van der Waals surface area contributed by atoms with Crippen LogP contribution < -0.4 is 20.1 Å². The van der Waals surface area contributed by atoms with Gasteiger partial charge in [0.15, 0.2) is 16.6 Å². The van der Waals surface area contributed by atoms with Crippen LogP contribution >= 0.6 is 12.2 Å². The van der Waals surface area contributed by atoms with Crippen molar-refractivity contribution in [2.45, 2.75) is 39.3 Å². The van der Waals surface area contributed by atoms with E-state index in [2.05, 4.69) is 42.5 Å². The van der Waals surface area contributed by atoms with Crippen molar-refractivity contribution in [2.75, 3.05) is 38.3 Å². The van der Waals surface area contributed by atoms with Crippen LogP contribution in [0.3, 0.4) is 0 Å². The van der Waals surface area contributed by atoms with Gasteiger partial charge in [0.25, 0.3) is 0 Å². The van der Waals surface area contributed by atoms with Gasteiger partial charge in [-0.15, -0.1) is 0 Å². The number of ether oxygens (including phenoxy) is 2. The van der Waals surface area contributed by atoms with Crippen molar-refractivity contribution < 1.29 is 9.47 Å². The summed E-state index contributed by atoms with van der Waals surface area (Å²) >= 11 is 5.49. The van der Waals surface area contributed by atoms with E-state index in [4.69, 9.17) is 26.7 Å². The van der Waals surface area contributed by atoms with Crippen molar-refractivity contribution >= 4 is 29.2 Å². The molecule has 174 valence electrons. The molecule has 0 bridgehead atoms. The Morgan fingerprint density at radius 3 is 2.52 bits per heavy atom. The number of piperazine rings is 1. The van der Waals surface area contributed by atoms with E-state index in [1.54, 1.807) is 0 Å². The zero-order valence-corrected chi connectivity index (χ0v) is 19.8. The summed E-state index contributed by atoms with van der Waals surface area (Å²) in [5, 5.41) is 7.13. The first-order valence-electron chi connectivity index (χ1n) is 11.4. The molecule has 1 aromatic carbocycles. The lowest BCUT2D eigenvalue weighted by Gasteiger charge is -2.36. The molecule has 10 heteroatoms. The Morgan fingerprint density at radius 1 is 1.06 bits per heavy atom. The molecule has 2 aromatic rings. The van der Waals surface area contributed by atoms with Gasteiger partial charge >= 0.3 is 0 Å². The lowest BCUT2D eigenvalue weighted by molar-refractivity contribution is 0.172. The maximum atomic E-state index is 5.52. The average molecular weight is 468 g/mol. The van der Waals surface area contributed by atoms with E-state index < -0.39 is 0 Å². The van der Waals surface area contributed by atoms with Gasteiger partial charge in [0.2, 0.25) is 18.7 Å². The van der Waals surface area contributed by atoms with Gasteiger partial charge in [-0.3, -0.25) is 10.2 Å². The van der Waals surface area contributed by atoms with Crippen molar-refractivity contribution in [2.24, 2.45) is 4.99 Å². The molecule has 1 aliphatic carbocycles. The van der Waals surface area contributed by atoms with Crippen molar-refractivity contribution in [3.63, 3.8) is 0 Å². The second-order valence-corrected chi connectivity index (χ2v) is 9.10. The molecular weight excluding hydrogens is 438 g/mol. The number of rotatable bonds is 4. The first-order chi connectivity index (χ1) is 16.0. The normalized spacial score (nSPS) is 18.4. The minimum atomic E-state index is 0.300. The first-order valence-corrected chi connectivity index (χ1v) is 11.8. The number of aryl methyl sites for hydroxylation is 2. The molecule has 9 nitrogen and oxygen atoms in total. The van der Waals surface area contributed by atoms with Crippen LogP contribution in [-0.4, -0.2) is 69.9 Å². The molecule has 3 heterocycles. The van der Waals surface area contributed by atoms with Crippen LogP contribution in [0.25, 0.3) is 0 Å². The third kappa shape index (κ3) is 5.69. The lowest BCUT2D eigenvalue weighted by atomic mass is 10.1. The molecule has 2 aliphatic heterocycles. The van der Waals surface area contributed by atoms with Crippen LogP contribution in [0.15, 0.2) is 29.3 Å². The Balaban J connectivity index is 1.25. The van der Waals surface area contributed by atoms with Crippen molar-refractivity contribution in [1.82, 2.24) is 25.1 Å². The van der Waals surface area contributed by atoms with Crippen LogP contribution in [0, 0.1) is 13.8 Å². The summed E-state index contributed by atoms with van der Waals surface area (Å²) in [5.74, 6) is 2.89. The Kier molecular flexibility index (Phi) is 6.28. The average Bonchev–Trinajstić information content (AvgIpc) is 3.46. The maximum Gasteiger partial charge on any atom is 0.231 e. The molecule has 1 aromatic heterocycles. The third-order valence-corrected chi connectivity index (χ3v) is 6.04. The molecule has 1 saturated carbocycles. The van der Waals surface area contributed by atoms with Crippen LogP contribution in [0.5, 0.6) is 11.5 Å². The van der Waals surface area contributed by atoms with Crippen molar-refractivity contribution in [1.29, 1.82) is 0 Å². The SMILES string of the molecule is Cc1cc(C)nc(N/C(=N/C(=S)NC2CC2)N2CCN(Cc3ccc4c(c3)OCO4)CC2)n1. The molecule has 0 spiro atoms. The van der Waals surface area contributed by atoms with Crippen LogP contribution in [0.2, 0.25) is 0 Å². The van der Waals surface area contributed by atoms with Crippen LogP contribution in [0.4, 0.5) is 5.95 Å². The summed E-state index contributed by atoms with van der Waals surface area (Å²) in [7, 11) is 0. The molecule has 3 aliphatic rings. The quantitative estimate of drug-likeness (QED) is 0.400. The predicted molar refractivity (Wildman–Crippen MR) is 131 cm³/mol. The number of fused-ring (bicyclic) bond motifs is 1. The van der Waals surface area contributed by atoms with Crippen molar-refractivity contribution in [3.8, 4) is 11.5 Å². The van der Waals surface area contributed by atoms with E-state index in [-0.39, 0.29) is 0 Å². The van der Waals surface area contributed by atoms with E-state index in [1.807, 2.05) is 26.0 Å². The van der Waals surface area contributed by atoms with Crippen LogP contribution in [0.1, 0.15) is 29.8 Å². The zero-order chi connectivity index (χ0) is 22.8. The standard InChI is InChI=1S/C23H29N7O2S/c1-15-11-16(2)25-21(24-15)27-22(28-23(33)26-18-4-5-18)30-9-7-29(8-10-30)13-17-3-6-19-20(12-17)32-14-31-19/h3,6,11-12,18H,4-5,7-10,13-14H2,1-2H3,(H2,24,25,26,27,28,33). The molecule has 33 heavy (non-hydrogen) atoms. The number of hydrogen-bond acceptors (Lipinski definition) is 6. The van der Waals surface area contributed by atoms with E-state index in [1.165, 1.54) is 5.56 Å². The minimum Gasteiger partial charge on any atom is -0.454 e. The molecule has 0 unspecified atom stereocenters. The van der Waals surface area contributed by atoms with Gasteiger partial charge in [0, 0.05) is 50.2 Å². The zero-order valence-electron chi connectivity index (χ0n) is 19.0. The monoisotopic (exact) mass is 467 g/mol. The van der Waals surface area contributed by atoms with E-state index in [9.17, 15) is 0 Å². The summed E-state index contributed by atoms with van der Waals surface area (Å²) in [5.41, 5.74) is 3.05. The fourth-order valence-corrected chi connectivity index (χ4v) is 4.26. The summed E-state index contributed by atoms with van der Waals surface area (Å²) in [4.78, 5) is 18.4. The van der Waals surface area contributed by atoms with Crippen molar-refractivity contribution in [3.05, 3.63) is 41.2 Å². The predicted octanol–water partition coefficient (Wildman–Crippen LogP) is 2.44. The van der Waals surface area contributed by atoms with E-state index >= 15 is 0 Å². The fourth-order valence-electron chi connectivity index (χ4n) is 4.01. The molecular formula is C23H29N7O2S. The highest BCUT2D eigenvalue weighted by atomic mass is 32.1. The smallest absolute Gasteiger partial charge is 0.231 e. The Labute approximate surface area is 199 Å². The second-order valence-electron chi connectivity index (χ2n) is 8.71. The Bertz CT molecular complexity index is 1040. The highest BCUT2D eigenvalue weighted by Crippen LogP contribution is 2.32. The lowest BCUT2D eigenvalue weighted by Crippen LogP contribution is -2.50. The van der Waals surface area contributed by atoms with Gasteiger partial charge in [0.05, 0.1) is 0 Å². The van der Waals surface area contributed by atoms with Gasteiger partial charge in [0.1, 0.15) is 0 Å². The number of aromatic nitrogens is 2. The van der Waals surface area contributed by atoms with Gasteiger partial charge in [-0.25, -0.2) is 9.97 Å². The molecule has 2 N–H and O–H groups in total. The third-order valence-electron chi connectivity index (χ3n) is 5.83. The van der Waals surface area contributed by atoms with E-state index in [0.29, 0.717) is 29.9 Å². The minimum absolute atomic E-state index is 0.300. The molecule has 5 rings (SSSR count). The number of hydrogen-bond donors (Lipinski definition) is 2. The maximum absolute atomic E-state index is 5.52. The fraction of sp³-hybridized carbons (Fsp3) is 0.478. The summed E-state index contributed by atoms with van der Waals surface area (Å²) in [6.07, 6.45) is 2.30. The van der Waals surface area contributed by atoms with Gasteiger partial charge < -0.3 is 19.7 Å². The first kappa shape index (κ1) is 21.8. The molecule has 0 radical (unpaired) electrons. The highest BCUT2D eigenvalue weighted by Gasteiger charge is 2.24. The summed E-state index contributed by atoms with van der Waals surface area (Å²) in [6, 6.07) is 8.57. The topological polar surface area (TPSA) is 87.1 Å².